The third-order valence-corrected chi connectivity index (χ3v) is 6.60. The molecule has 27 heavy (non-hydrogen) atoms. The van der Waals surface area contributed by atoms with E-state index in [2.05, 4.69) is 24.8 Å². The number of hydrogen-bond donors (Lipinski definition) is 3. The van der Waals surface area contributed by atoms with Gasteiger partial charge >= 0.3 is 0 Å². The first-order valence-electron chi connectivity index (χ1n) is 7.36. The van der Waals surface area contributed by atoms with Gasteiger partial charge in [-0.15, -0.1) is 11.3 Å². The summed E-state index contributed by atoms with van der Waals surface area (Å²) < 4.78 is 29.3. The van der Waals surface area contributed by atoms with Crippen LogP contribution in [0.1, 0.15) is 0 Å². The molecule has 0 aliphatic heterocycles. The fourth-order valence-electron chi connectivity index (χ4n) is 2.22. The molecule has 0 amide bonds. The number of fused-ring (bicyclic) bond motifs is 1. The van der Waals surface area contributed by atoms with Crippen LogP contribution in [0.5, 0.6) is 0 Å². The molecule has 0 aliphatic rings. The molecule has 0 saturated heterocycles. The first kappa shape index (κ1) is 17.8. The second-order valence-corrected chi connectivity index (χ2v) is 9.43. The average Bonchev–Trinajstić information content (AvgIpc) is 3.23. The molecule has 4 N–H and O–H groups in total. The summed E-state index contributed by atoms with van der Waals surface area (Å²) in [7, 11) is -3.71. The number of thiazole rings is 1. The highest BCUT2D eigenvalue weighted by atomic mass is 32.2. The number of aromatic amines is 1. The minimum atomic E-state index is -3.71. The SMILES string of the molecule is Nc1cc(=Nc2ccc(S(=O)(=O)Nc3nccs3)cc2)n2[nH]c(=S)sc2n1. The van der Waals surface area contributed by atoms with E-state index in [4.69, 9.17) is 18.0 Å². The number of nitrogens with two attached hydrogens (primary N) is 1. The van der Waals surface area contributed by atoms with E-state index >= 15 is 0 Å². The van der Waals surface area contributed by atoms with Gasteiger partial charge in [-0.2, -0.15) is 0 Å². The first-order chi connectivity index (χ1) is 12.9. The van der Waals surface area contributed by atoms with Gasteiger partial charge in [0.2, 0.25) is 4.96 Å². The Morgan fingerprint density at radius 2 is 2.07 bits per heavy atom. The van der Waals surface area contributed by atoms with Crippen molar-refractivity contribution >= 4 is 66.5 Å². The minimum absolute atomic E-state index is 0.110. The molecule has 0 fully saturated rings. The third kappa shape index (κ3) is 3.75. The van der Waals surface area contributed by atoms with E-state index in [0.717, 1.165) is 0 Å². The van der Waals surface area contributed by atoms with E-state index in [0.29, 0.717) is 31.0 Å². The lowest BCUT2D eigenvalue weighted by Gasteiger charge is -2.05. The van der Waals surface area contributed by atoms with Crippen LogP contribution >= 0.6 is 34.9 Å². The zero-order valence-corrected chi connectivity index (χ0v) is 16.6. The zero-order chi connectivity index (χ0) is 19.0. The summed E-state index contributed by atoms with van der Waals surface area (Å²) in [4.78, 5) is 13.3. The highest BCUT2D eigenvalue weighted by Crippen LogP contribution is 2.20. The molecule has 0 atom stereocenters. The highest BCUT2D eigenvalue weighted by molar-refractivity contribution is 7.93. The molecule has 9 nitrogen and oxygen atoms in total. The van der Waals surface area contributed by atoms with Crippen molar-refractivity contribution in [2.24, 2.45) is 4.99 Å². The maximum Gasteiger partial charge on any atom is 0.263 e. The van der Waals surface area contributed by atoms with Crippen molar-refractivity contribution in [1.82, 2.24) is 19.6 Å². The lowest BCUT2D eigenvalue weighted by molar-refractivity contribution is 0.601. The topological polar surface area (TPSA) is 131 Å². The number of hydrogen-bond acceptors (Lipinski definition) is 9. The van der Waals surface area contributed by atoms with Crippen LogP contribution in [0, 0.1) is 3.95 Å². The Bertz CT molecular complexity index is 1330. The van der Waals surface area contributed by atoms with Crippen LogP contribution in [-0.2, 0) is 10.0 Å². The monoisotopic (exact) mass is 437 g/mol. The molecule has 0 aliphatic carbocycles. The lowest BCUT2D eigenvalue weighted by atomic mass is 10.3. The maximum atomic E-state index is 12.4. The summed E-state index contributed by atoms with van der Waals surface area (Å²) in [6, 6.07) is 7.73. The normalized spacial score (nSPS) is 12.5. The summed E-state index contributed by atoms with van der Waals surface area (Å²) in [5.41, 5.74) is 6.87. The number of aromatic nitrogens is 4. The molecular formula is C14H11N7O2S4. The minimum Gasteiger partial charge on any atom is -0.383 e. The van der Waals surface area contributed by atoms with E-state index in [1.807, 2.05) is 0 Å². The van der Waals surface area contributed by atoms with Gasteiger partial charge in [0, 0.05) is 17.6 Å². The van der Waals surface area contributed by atoms with Gasteiger partial charge in [-0.1, -0.05) is 11.3 Å². The first-order valence-corrected chi connectivity index (χ1v) is 10.9. The van der Waals surface area contributed by atoms with Crippen LogP contribution in [0.15, 0.2) is 51.8 Å². The van der Waals surface area contributed by atoms with Gasteiger partial charge in [-0.3, -0.25) is 9.82 Å². The van der Waals surface area contributed by atoms with Crippen LogP contribution in [0.3, 0.4) is 0 Å². The fourth-order valence-corrected chi connectivity index (χ4v) is 5.01. The van der Waals surface area contributed by atoms with Gasteiger partial charge in [-0.25, -0.2) is 27.9 Å². The second kappa shape index (κ2) is 6.84. The van der Waals surface area contributed by atoms with Crippen LogP contribution in [0.25, 0.3) is 4.96 Å². The number of H-pyrrole nitrogens is 1. The molecule has 3 heterocycles. The Kier molecular flexibility index (Phi) is 4.51. The maximum absolute atomic E-state index is 12.4. The molecular weight excluding hydrogens is 426 g/mol. The van der Waals surface area contributed by atoms with Gasteiger partial charge in [0.25, 0.3) is 10.0 Å². The second-order valence-electron chi connectivity index (χ2n) is 5.21. The Morgan fingerprint density at radius 1 is 1.30 bits per heavy atom. The van der Waals surface area contributed by atoms with E-state index in [1.54, 1.807) is 28.1 Å². The zero-order valence-electron chi connectivity index (χ0n) is 13.4. The highest BCUT2D eigenvalue weighted by Gasteiger charge is 2.15. The summed E-state index contributed by atoms with van der Waals surface area (Å²) >= 11 is 7.61. The van der Waals surface area contributed by atoms with E-state index < -0.39 is 10.0 Å². The van der Waals surface area contributed by atoms with E-state index in [1.165, 1.54) is 41.0 Å². The number of nitrogens with zero attached hydrogens (tertiary/aromatic N) is 4. The summed E-state index contributed by atoms with van der Waals surface area (Å²) in [6.07, 6.45) is 1.53. The van der Waals surface area contributed by atoms with Crippen molar-refractivity contribution in [2.45, 2.75) is 4.90 Å². The Morgan fingerprint density at radius 3 is 2.78 bits per heavy atom. The predicted octanol–water partition coefficient (Wildman–Crippen LogP) is 2.53. The largest absolute Gasteiger partial charge is 0.383 e. The number of rotatable bonds is 4. The van der Waals surface area contributed by atoms with Crippen LogP contribution in [-0.4, -0.2) is 28.0 Å². The molecule has 0 spiro atoms. The summed E-state index contributed by atoms with van der Waals surface area (Å²) in [6.45, 7) is 0. The number of benzene rings is 1. The molecule has 138 valence electrons. The fraction of sp³-hybridized carbons (Fsp3) is 0. The predicted molar refractivity (Wildman–Crippen MR) is 107 cm³/mol. The number of nitrogens with one attached hydrogen (secondary N) is 2. The molecule has 0 radical (unpaired) electrons. The number of anilines is 2. The van der Waals surface area contributed by atoms with Crippen LogP contribution < -0.4 is 15.9 Å². The van der Waals surface area contributed by atoms with Crippen molar-refractivity contribution in [3.63, 3.8) is 0 Å². The van der Waals surface area contributed by atoms with Crippen LogP contribution in [0.2, 0.25) is 0 Å². The average molecular weight is 438 g/mol. The van der Waals surface area contributed by atoms with Gasteiger partial charge in [0.05, 0.1) is 10.6 Å². The van der Waals surface area contributed by atoms with Crippen molar-refractivity contribution in [3.05, 3.63) is 51.4 Å². The van der Waals surface area contributed by atoms with Gasteiger partial charge < -0.3 is 5.73 Å². The number of nitrogen functional groups attached to an aromatic ring is 1. The van der Waals surface area contributed by atoms with E-state index in [-0.39, 0.29) is 4.90 Å². The molecule has 1 aromatic carbocycles. The molecule has 0 bridgehead atoms. The molecule has 0 saturated carbocycles. The Balaban J connectivity index is 1.71. The van der Waals surface area contributed by atoms with Gasteiger partial charge in [0.1, 0.15) is 5.82 Å². The van der Waals surface area contributed by atoms with Crippen molar-refractivity contribution in [3.8, 4) is 0 Å². The quantitative estimate of drug-likeness (QED) is 0.421. The van der Waals surface area contributed by atoms with E-state index in [9.17, 15) is 8.42 Å². The molecule has 13 heteroatoms. The summed E-state index contributed by atoms with van der Waals surface area (Å²) in [5, 5.41) is 4.96. The Hall–Kier alpha value is -2.61. The van der Waals surface area contributed by atoms with Crippen LogP contribution in [0.4, 0.5) is 16.6 Å². The molecule has 4 aromatic rings. The Labute approximate surface area is 165 Å². The number of sulfonamides is 1. The van der Waals surface area contributed by atoms with Crippen molar-refractivity contribution < 1.29 is 8.42 Å². The third-order valence-electron chi connectivity index (χ3n) is 3.35. The molecule has 3 aromatic heterocycles. The van der Waals surface area contributed by atoms with Gasteiger partial charge in [-0.05, 0) is 36.5 Å². The van der Waals surface area contributed by atoms with Crippen molar-refractivity contribution in [1.29, 1.82) is 0 Å². The smallest absolute Gasteiger partial charge is 0.263 e. The molecule has 4 rings (SSSR count). The summed E-state index contributed by atoms with van der Waals surface area (Å²) in [5.74, 6) is 0.311. The standard InChI is InChI=1S/C14H11N7O2S4/c15-10-7-11(21-13(18-10)26-14(24)19-21)17-8-1-3-9(4-2-8)27(22,23)20-12-16-5-6-25-12/h1-7H,15H2,(H,16,20)(H,19,24). The molecule has 0 unspecified atom stereocenters. The van der Waals surface area contributed by atoms with Crippen molar-refractivity contribution in [2.75, 3.05) is 10.5 Å². The van der Waals surface area contributed by atoms with Gasteiger partial charge in [0.15, 0.2) is 14.6 Å². The lowest BCUT2D eigenvalue weighted by Crippen LogP contribution is -2.16.